The van der Waals surface area contributed by atoms with E-state index in [0.717, 1.165) is 19.7 Å². The molecule has 0 spiro atoms. The summed E-state index contributed by atoms with van der Waals surface area (Å²) in [6.45, 7) is 5.76. The SMILES string of the molecule is C#CCNCC(C)N(C)CC1CCCCO1. The Morgan fingerprint density at radius 1 is 1.56 bits per heavy atom. The molecule has 0 aliphatic carbocycles. The van der Waals surface area contributed by atoms with E-state index in [2.05, 4.69) is 30.1 Å². The Kier molecular flexibility index (Phi) is 6.47. The van der Waals surface area contributed by atoms with Crippen LogP contribution >= 0.6 is 0 Å². The van der Waals surface area contributed by atoms with Gasteiger partial charge in [-0.15, -0.1) is 6.42 Å². The molecule has 0 saturated carbocycles. The number of terminal acetylenes is 1. The lowest BCUT2D eigenvalue weighted by Crippen LogP contribution is -2.43. The highest BCUT2D eigenvalue weighted by Gasteiger charge is 2.18. The molecule has 0 amide bonds. The third kappa shape index (κ3) is 4.98. The highest BCUT2D eigenvalue weighted by atomic mass is 16.5. The van der Waals surface area contributed by atoms with Crippen molar-refractivity contribution in [3.63, 3.8) is 0 Å². The van der Waals surface area contributed by atoms with Crippen molar-refractivity contribution in [2.24, 2.45) is 0 Å². The second-order valence-electron chi connectivity index (χ2n) is 4.61. The van der Waals surface area contributed by atoms with E-state index >= 15 is 0 Å². The summed E-state index contributed by atoms with van der Waals surface area (Å²) < 4.78 is 5.73. The molecular formula is C13H24N2O. The predicted molar refractivity (Wildman–Crippen MR) is 67.4 cm³/mol. The zero-order valence-electron chi connectivity index (χ0n) is 10.5. The van der Waals surface area contributed by atoms with Gasteiger partial charge in [-0.05, 0) is 33.2 Å². The molecule has 0 aromatic rings. The van der Waals surface area contributed by atoms with Crippen molar-refractivity contribution in [2.75, 3.05) is 33.3 Å². The summed E-state index contributed by atoms with van der Waals surface area (Å²) >= 11 is 0. The maximum Gasteiger partial charge on any atom is 0.0702 e. The van der Waals surface area contributed by atoms with Crippen LogP contribution in [0.25, 0.3) is 0 Å². The maximum atomic E-state index is 5.73. The van der Waals surface area contributed by atoms with Crippen LogP contribution in [-0.4, -0.2) is 50.3 Å². The molecule has 1 rings (SSSR count). The Balaban J connectivity index is 2.16. The first-order chi connectivity index (χ1) is 7.74. The van der Waals surface area contributed by atoms with E-state index in [-0.39, 0.29) is 0 Å². The zero-order valence-corrected chi connectivity index (χ0v) is 10.5. The van der Waals surface area contributed by atoms with Crippen molar-refractivity contribution < 1.29 is 4.74 Å². The Morgan fingerprint density at radius 2 is 2.38 bits per heavy atom. The lowest BCUT2D eigenvalue weighted by atomic mass is 10.1. The van der Waals surface area contributed by atoms with E-state index in [1.165, 1.54) is 19.3 Å². The average Bonchev–Trinajstić information content (AvgIpc) is 2.30. The largest absolute Gasteiger partial charge is 0.377 e. The summed E-state index contributed by atoms with van der Waals surface area (Å²) in [6.07, 6.45) is 9.35. The number of ether oxygens (including phenoxy) is 1. The number of nitrogens with zero attached hydrogens (tertiary/aromatic N) is 1. The fourth-order valence-electron chi connectivity index (χ4n) is 1.96. The van der Waals surface area contributed by atoms with Crippen LogP contribution in [-0.2, 0) is 4.74 Å². The predicted octanol–water partition coefficient (Wildman–Crippen LogP) is 1.10. The quantitative estimate of drug-likeness (QED) is 0.540. The van der Waals surface area contributed by atoms with Gasteiger partial charge in [-0.25, -0.2) is 0 Å². The molecule has 0 bridgehead atoms. The standard InChI is InChI=1S/C13H24N2O/c1-4-8-14-10-12(2)15(3)11-13-7-5-6-9-16-13/h1,12-14H,5-11H2,2-3H3. The van der Waals surface area contributed by atoms with Gasteiger partial charge in [0.2, 0.25) is 0 Å². The molecule has 0 aromatic heterocycles. The van der Waals surface area contributed by atoms with Crippen LogP contribution in [0, 0.1) is 12.3 Å². The number of hydrogen-bond donors (Lipinski definition) is 1. The molecule has 3 nitrogen and oxygen atoms in total. The van der Waals surface area contributed by atoms with Gasteiger partial charge in [-0.2, -0.15) is 0 Å². The molecule has 0 radical (unpaired) electrons. The first-order valence-corrected chi connectivity index (χ1v) is 6.20. The molecule has 16 heavy (non-hydrogen) atoms. The van der Waals surface area contributed by atoms with Crippen molar-refractivity contribution in [1.29, 1.82) is 0 Å². The van der Waals surface area contributed by atoms with E-state index in [9.17, 15) is 0 Å². The van der Waals surface area contributed by atoms with Crippen molar-refractivity contribution in [2.45, 2.75) is 38.3 Å². The minimum atomic E-state index is 0.425. The van der Waals surface area contributed by atoms with Crippen LogP contribution in [0.5, 0.6) is 0 Å². The Hall–Kier alpha value is -0.560. The van der Waals surface area contributed by atoms with Gasteiger partial charge >= 0.3 is 0 Å². The summed E-state index contributed by atoms with van der Waals surface area (Å²) in [5, 5.41) is 3.23. The third-order valence-corrected chi connectivity index (χ3v) is 3.18. The summed E-state index contributed by atoms with van der Waals surface area (Å²) in [7, 11) is 2.15. The van der Waals surface area contributed by atoms with Crippen molar-refractivity contribution in [1.82, 2.24) is 10.2 Å². The minimum Gasteiger partial charge on any atom is -0.377 e. The van der Waals surface area contributed by atoms with Gasteiger partial charge in [0, 0.05) is 25.7 Å². The number of nitrogens with one attached hydrogen (secondary N) is 1. The van der Waals surface area contributed by atoms with E-state index in [1.807, 2.05) is 0 Å². The normalized spacial score (nSPS) is 23.0. The monoisotopic (exact) mass is 224 g/mol. The van der Waals surface area contributed by atoms with Crippen LogP contribution in [0.3, 0.4) is 0 Å². The highest BCUT2D eigenvalue weighted by Crippen LogP contribution is 2.14. The van der Waals surface area contributed by atoms with Crippen molar-refractivity contribution in [3.8, 4) is 12.3 Å². The van der Waals surface area contributed by atoms with Crippen LogP contribution in [0.15, 0.2) is 0 Å². The smallest absolute Gasteiger partial charge is 0.0702 e. The molecule has 2 unspecified atom stereocenters. The fraction of sp³-hybridized carbons (Fsp3) is 0.846. The number of hydrogen-bond acceptors (Lipinski definition) is 3. The third-order valence-electron chi connectivity index (χ3n) is 3.18. The molecule has 1 saturated heterocycles. The second kappa shape index (κ2) is 7.67. The van der Waals surface area contributed by atoms with Gasteiger partial charge in [-0.3, -0.25) is 4.90 Å². The van der Waals surface area contributed by atoms with Gasteiger partial charge in [0.05, 0.1) is 12.6 Å². The first-order valence-electron chi connectivity index (χ1n) is 6.20. The topological polar surface area (TPSA) is 24.5 Å². The van der Waals surface area contributed by atoms with Crippen molar-refractivity contribution >= 4 is 0 Å². The van der Waals surface area contributed by atoms with Gasteiger partial charge in [0.25, 0.3) is 0 Å². The molecule has 92 valence electrons. The van der Waals surface area contributed by atoms with Crippen LogP contribution in [0.4, 0.5) is 0 Å². The summed E-state index contributed by atoms with van der Waals surface area (Å²) in [5.41, 5.74) is 0. The highest BCUT2D eigenvalue weighted by molar-refractivity contribution is 4.87. The average molecular weight is 224 g/mol. The Labute approximate surface area is 99.5 Å². The summed E-state index contributed by atoms with van der Waals surface area (Å²) in [4.78, 5) is 2.35. The molecule has 0 aromatic carbocycles. The van der Waals surface area contributed by atoms with Gasteiger partial charge in [-0.1, -0.05) is 5.92 Å². The van der Waals surface area contributed by atoms with Gasteiger partial charge < -0.3 is 10.1 Å². The lowest BCUT2D eigenvalue weighted by Gasteiger charge is -2.31. The minimum absolute atomic E-state index is 0.425. The molecule has 1 N–H and O–H groups in total. The van der Waals surface area contributed by atoms with Crippen LogP contribution in [0.2, 0.25) is 0 Å². The zero-order chi connectivity index (χ0) is 11.8. The molecule has 1 aliphatic heterocycles. The fourth-order valence-corrected chi connectivity index (χ4v) is 1.96. The van der Waals surface area contributed by atoms with Gasteiger partial charge in [0.1, 0.15) is 0 Å². The summed E-state index contributed by atoms with van der Waals surface area (Å²) in [5.74, 6) is 2.59. The molecular weight excluding hydrogens is 200 g/mol. The molecule has 1 heterocycles. The lowest BCUT2D eigenvalue weighted by molar-refractivity contribution is -0.00682. The van der Waals surface area contributed by atoms with Crippen LogP contribution < -0.4 is 5.32 Å². The first kappa shape index (κ1) is 13.5. The molecule has 1 aliphatic rings. The molecule has 3 heteroatoms. The number of likely N-dealkylation sites (N-methyl/N-ethyl adjacent to an activating group) is 1. The van der Waals surface area contributed by atoms with Gasteiger partial charge in [0.15, 0.2) is 0 Å². The van der Waals surface area contributed by atoms with Crippen LogP contribution in [0.1, 0.15) is 26.2 Å². The van der Waals surface area contributed by atoms with E-state index in [0.29, 0.717) is 18.7 Å². The van der Waals surface area contributed by atoms with E-state index < -0.39 is 0 Å². The summed E-state index contributed by atoms with van der Waals surface area (Å²) in [6, 6.07) is 0.499. The molecule has 2 atom stereocenters. The van der Waals surface area contributed by atoms with E-state index in [4.69, 9.17) is 11.2 Å². The Bertz CT molecular complexity index is 218. The van der Waals surface area contributed by atoms with E-state index in [1.54, 1.807) is 0 Å². The molecule has 1 fully saturated rings. The maximum absolute atomic E-state index is 5.73. The Morgan fingerprint density at radius 3 is 3.00 bits per heavy atom. The second-order valence-corrected chi connectivity index (χ2v) is 4.61. The number of rotatable bonds is 6. The van der Waals surface area contributed by atoms with Crippen molar-refractivity contribution in [3.05, 3.63) is 0 Å².